The van der Waals surface area contributed by atoms with E-state index in [1.165, 1.54) is 0 Å². The number of fused-ring (bicyclic) bond motifs is 1. The maximum atomic E-state index is 14.2. The molecular weight excluding hydrogens is 455 g/mol. The van der Waals surface area contributed by atoms with Crippen LogP contribution in [0.4, 0.5) is 27.9 Å². The Balaban J connectivity index is 2.04. The molecule has 3 rings (SSSR count). The third-order valence-electron chi connectivity index (χ3n) is 3.93. The fourth-order valence-electron chi connectivity index (χ4n) is 2.64. The van der Waals surface area contributed by atoms with Crippen molar-refractivity contribution in [3.63, 3.8) is 0 Å². The summed E-state index contributed by atoms with van der Waals surface area (Å²) in [5.74, 6) is -3.74. The third-order valence-corrected chi connectivity index (χ3v) is 5.30. The largest absolute Gasteiger partial charge is 0.478 e. The number of hydrogen-bond acceptors (Lipinski definition) is 7. The Morgan fingerprint density at radius 2 is 1.68 bits per heavy atom. The first-order chi connectivity index (χ1) is 14.6. The molecule has 0 spiro atoms. The maximum Gasteiger partial charge on any atom is 0.387 e. The number of nitrogens with one attached hydrogen (secondary N) is 2. The number of anilines is 1. The second kappa shape index (κ2) is 8.41. The number of rotatable bonds is 8. The standard InChI is InChI=1S/C16H13F5N4O5S/c1-28-13-11(30-15(20)21)14(29-2)24-16(23-13)25-31(26,27)8-5-22-10-6(8)3-4-7(9(10)17)12(18)19/h3-5,12,15,22H,1-2H3,(H,23,24,25). The Labute approximate surface area is 171 Å². The molecule has 0 bridgehead atoms. The van der Waals surface area contributed by atoms with Crippen LogP contribution in [-0.4, -0.2) is 44.2 Å². The van der Waals surface area contributed by atoms with E-state index in [1.807, 2.05) is 4.72 Å². The van der Waals surface area contributed by atoms with Crippen LogP contribution in [0.25, 0.3) is 10.9 Å². The number of methoxy groups -OCH3 is 2. The number of aromatic amines is 1. The van der Waals surface area contributed by atoms with Crippen molar-refractivity contribution in [3.05, 3.63) is 29.7 Å². The van der Waals surface area contributed by atoms with Crippen LogP contribution in [0.2, 0.25) is 0 Å². The third kappa shape index (κ3) is 4.26. The van der Waals surface area contributed by atoms with Gasteiger partial charge in [-0.25, -0.2) is 26.3 Å². The van der Waals surface area contributed by atoms with E-state index in [-0.39, 0.29) is 5.39 Å². The van der Waals surface area contributed by atoms with E-state index in [9.17, 15) is 30.4 Å². The van der Waals surface area contributed by atoms with Crippen LogP contribution in [-0.2, 0) is 10.0 Å². The topological polar surface area (TPSA) is 115 Å². The molecular formula is C16H13F5N4O5S. The van der Waals surface area contributed by atoms with Crippen molar-refractivity contribution in [2.75, 3.05) is 18.9 Å². The summed E-state index contributed by atoms with van der Waals surface area (Å²) in [6.07, 6.45) is -2.22. The van der Waals surface area contributed by atoms with E-state index in [0.717, 1.165) is 32.5 Å². The molecule has 0 atom stereocenters. The molecule has 2 N–H and O–H groups in total. The summed E-state index contributed by atoms with van der Waals surface area (Å²) in [6.45, 7) is -3.27. The zero-order chi connectivity index (χ0) is 22.9. The van der Waals surface area contributed by atoms with Gasteiger partial charge in [0, 0.05) is 11.6 Å². The van der Waals surface area contributed by atoms with Gasteiger partial charge in [-0.2, -0.15) is 18.7 Å². The average Bonchev–Trinajstić information content (AvgIpc) is 3.14. The van der Waals surface area contributed by atoms with E-state index < -0.39 is 68.3 Å². The number of alkyl halides is 4. The van der Waals surface area contributed by atoms with Gasteiger partial charge in [0.25, 0.3) is 28.2 Å². The van der Waals surface area contributed by atoms with Crippen molar-refractivity contribution in [1.82, 2.24) is 15.0 Å². The molecule has 0 saturated carbocycles. The molecule has 0 amide bonds. The molecule has 2 aromatic heterocycles. The van der Waals surface area contributed by atoms with Crippen LogP contribution in [0.15, 0.2) is 23.2 Å². The molecule has 0 unspecified atom stereocenters. The number of nitrogens with zero attached hydrogens (tertiary/aromatic N) is 2. The summed E-state index contributed by atoms with van der Waals surface area (Å²) >= 11 is 0. The monoisotopic (exact) mass is 468 g/mol. The van der Waals surface area contributed by atoms with Crippen molar-refractivity contribution in [2.45, 2.75) is 17.9 Å². The normalized spacial score (nSPS) is 11.9. The minimum absolute atomic E-state index is 0.217. The number of aromatic nitrogens is 3. The van der Waals surface area contributed by atoms with Crippen molar-refractivity contribution in [1.29, 1.82) is 0 Å². The average molecular weight is 468 g/mol. The molecule has 0 fully saturated rings. The summed E-state index contributed by atoms with van der Waals surface area (Å²) in [5.41, 5.74) is -1.35. The van der Waals surface area contributed by atoms with Crippen molar-refractivity contribution in [3.8, 4) is 17.5 Å². The van der Waals surface area contributed by atoms with Gasteiger partial charge in [0.2, 0.25) is 11.7 Å². The highest BCUT2D eigenvalue weighted by atomic mass is 32.2. The van der Waals surface area contributed by atoms with Crippen LogP contribution >= 0.6 is 0 Å². The van der Waals surface area contributed by atoms with Gasteiger partial charge >= 0.3 is 6.61 Å². The van der Waals surface area contributed by atoms with Gasteiger partial charge in [-0.05, 0) is 6.07 Å². The second-order valence-corrected chi connectivity index (χ2v) is 7.37. The Morgan fingerprint density at radius 3 is 2.19 bits per heavy atom. The van der Waals surface area contributed by atoms with Crippen molar-refractivity contribution >= 4 is 26.9 Å². The molecule has 15 heteroatoms. The van der Waals surface area contributed by atoms with Crippen LogP contribution in [0.1, 0.15) is 12.0 Å². The number of sulfonamides is 1. The minimum atomic E-state index is -4.49. The minimum Gasteiger partial charge on any atom is -0.478 e. The van der Waals surface area contributed by atoms with Crippen LogP contribution in [0, 0.1) is 5.82 Å². The Morgan fingerprint density at radius 1 is 1.06 bits per heavy atom. The molecule has 0 aliphatic carbocycles. The Hall–Kier alpha value is -3.36. The first-order valence-electron chi connectivity index (χ1n) is 8.14. The molecule has 1 aromatic carbocycles. The summed E-state index contributed by atoms with van der Waals surface area (Å²) in [4.78, 5) is 9.07. The molecule has 31 heavy (non-hydrogen) atoms. The van der Waals surface area contributed by atoms with Crippen molar-refractivity contribution < 1.29 is 44.6 Å². The highest BCUT2D eigenvalue weighted by Gasteiger charge is 2.27. The second-order valence-electron chi connectivity index (χ2n) is 5.72. The van der Waals surface area contributed by atoms with Gasteiger partial charge in [-0.3, -0.25) is 0 Å². The summed E-state index contributed by atoms with van der Waals surface area (Å²) in [5, 5.41) is -0.217. The number of ether oxygens (including phenoxy) is 3. The van der Waals surface area contributed by atoms with Gasteiger partial charge in [-0.1, -0.05) is 6.07 Å². The Bertz CT molecular complexity index is 1190. The van der Waals surface area contributed by atoms with Gasteiger partial charge < -0.3 is 19.2 Å². The van der Waals surface area contributed by atoms with E-state index in [1.54, 1.807) is 0 Å². The quantitative estimate of drug-likeness (QED) is 0.487. The molecule has 3 aromatic rings. The SMILES string of the molecule is COc1nc(NS(=O)(=O)c2c[nH]c3c(F)c(C(F)F)ccc23)nc(OC)c1OC(F)F. The van der Waals surface area contributed by atoms with E-state index in [0.29, 0.717) is 0 Å². The molecule has 0 radical (unpaired) electrons. The number of benzene rings is 1. The fourth-order valence-corrected chi connectivity index (χ4v) is 3.76. The highest BCUT2D eigenvalue weighted by molar-refractivity contribution is 7.93. The predicted molar refractivity (Wildman–Crippen MR) is 95.8 cm³/mol. The van der Waals surface area contributed by atoms with Gasteiger partial charge in [0.05, 0.1) is 25.3 Å². The van der Waals surface area contributed by atoms with E-state index in [2.05, 4.69) is 19.7 Å². The van der Waals surface area contributed by atoms with Crippen LogP contribution in [0.3, 0.4) is 0 Å². The van der Waals surface area contributed by atoms with Gasteiger partial charge in [0.1, 0.15) is 4.90 Å². The lowest BCUT2D eigenvalue weighted by Crippen LogP contribution is -2.16. The first-order valence-corrected chi connectivity index (χ1v) is 9.62. The predicted octanol–water partition coefficient (Wildman–Crippen LogP) is 3.45. The summed E-state index contributed by atoms with van der Waals surface area (Å²) < 4.78 is 106. The lowest BCUT2D eigenvalue weighted by Gasteiger charge is -2.14. The molecule has 0 aliphatic heterocycles. The van der Waals surface area contributed by atoms with E-state index in [4.69, 9.17) is 9.47 Å². The fraction of sp³-hybridized carbons (Fsp3) is 0.250. The Kier molecular flexibility index (Phi) is 6.06. The summed E-state index contributed by atoms with van der Waals surface area (Å²) in [6, 6.07) is 1.76. The van der Waals surface area contributed by atoms with Gasteiger partial charge in [0.15, 0.2) is 5.82 Å². The molecule has 0 aliphatic rings. The van der Waals surface area contributed by atoms with Crippen LogP contribution in [0.5, 0.6) is 17.5 Å². The number of H-pyrrole nitrogens is 1. The molecule has 0 saturated heterocycles. The zero-order valence-corrected chi connectivity index (χ0v) is 16.4. The zero-order valence-electron chi connectivity index (χ0n) is 15.6. The van der Waals surface area contributed by atoms with E-state index >= 15 is 0 Å². The molecule has 168 valence electrons. The van der Waals surface area contributed by atoms with Crippen LogP contribution < -0.4 is 18.9 Å². The molecule has 2 heterocycles. The number of halogens is 5. The lowest BCUT2D eigenvalue weighted by atomic mass is 10.1. The number of hydrogen-bond donors (Lipinski definition) is 2. The van der Waals surface area contributed by atoms with Crippen molar-refractivity contribution in [2.24, 2.45) is 0 Å². The smallest absolute Gasteiger partial charge is 0.387 e. The summed E-state index contributed by atoms with van der Waals surface area (Å²) in [7, 11) is -2.38. The first kappa shape index (κ1) is 22.3. The maximum absolute atomic E-state index is 14.2. The molecule has 9 nitrogen and oxygen atoms in total. The highest BCUT2D eigenvalue weighted by Crippen LogP contribution is 2.37. The van der Waals surface area contributed by atoms with Gasteiger partial charge in [-0.15, -0.1) is 0 Å². The lowest BCUT2D eigenvalue weighted by molar-refractivity contribution is -0.0533.